The Morgan fingerprint density at radius 1 is 1.12 bits per heavy atom. The second kappa shape index (κ2) is 6.55. The van der Waals surface area contributed by atoms with Crippen LogP contribution in [0.2, 0.25) is 0 Å². The molecule has 1 saturated carbocycles. The number of hydrogen-bond donors (Lipinski definition) is 2. The van der Waals surface area contributed by atoms with E-state index < -0.39 is 12.0 Å². The molecule has 3 rings (SSSR count). The highest BCUT2D eigenvalue weighted by molar-refractivity contribution is 5.89. The third kappa shape index (κ3) is 3.77. The third-order valence-corrected chi connectivity index (χ3v) is 4.15. The van der Waals surface area contributed by atoms with E-state index in [2.05, 4.69) is 34.4 Å². The van der Waals surface area contributed by atoms with Gasteiger partial charge in [-0.25, -0.2) is 9.97 Å². The van der Waals surface area contributed by atoms with Crippen LogP contribution < -0.4 is 10.6 Å². The largest absolute Gasteiger partial charge is 0.451 e. The predicted molar refractivity (Wildman–Crippen MR) is 87.8 cm³/mol. The summed E-state index contributed by atoms with van der Waals surface area (Å²) in [6, 6.07) is 7.32. The standard InChI is InChI=1S/C17H21F3N4/c1-10(2)9-21-11-7-12(8-11)22-15-13-5-3-4-6-14(13)23-16(24-15)17(18,19)20/h3-6,10-12,21H,7-9H2,1-2H3,(H,22,23,24). The lowest BCUT2D eigenvalue weighted by Gasteiger charge is -2.37. The topological polar surface area (TPSA) is 49.8 Å². The Hall–Kier alpha value is -1.89. The zero-order valence-electron chi connectivity index (χ0n) is 13.7. The Labute approximate surface area is 138 Å². The molecule has 0 unspecified atom stereocenters. The van der Waals surface area contributed by atoms with Gasteiger partial charge in [0, 0.05) is 17.5 Å². The smallest absolute Gasteiger partial charge is 0.367 e. The van der Waals surface area contributed by atoms with Crippen molar-refractivity contribution in [1.29, 1.82) is 0 Å². The van der Waals surface area contributed by atoms with Gasteiger partial charge in [-0.15, -0.1) is 0 Å². The molecule has 4 nitrogen and oxygen atoms in total. The first kappa shape index (κ1) is 17.0. The van der Waals surface area contributed by atoms with Crippen molar-refractivity contribution < 1.29 is 13.2 Å². The van der Waals surface area contributed by atoms with Crippen LogP contribution in [0.15, 0.2) is 24.3 Å². The first-order valence-electron chi connectivity index (χ1n) is 8.17. The summed E-state index contributed by atoms with van der Waals surface area (Å²) in [4.78, 5) is 7.36. The van der Waals surface area contributed by atoms with Gasteiger partial charge in [0.25, 0.3) is 0 Å². The molecule has 0 radical (unpaired) electrons. The van der Waals surface area contributed by atoms with Gasteiger partial charge in [-0.1, -0.05) is 26.0 Å². The molecular weight excluding hydrogens is 317 g/mol. The van der Waals surface area contributed by atoms with Crippen LogP contribution in [-0.4, -0.2) is 28.6 Å². The van der Waals surface area contributed by atoms with E-state index >= 15 is 0 Å². The minimum absolute atomic E-state index is 0.133. The Morgan fingerprint density at radius 2 is 1.83 bits per heavy atom. The number of hydrogen-bond acceptors (Lipinski definition) is 4. The average molecular weight is 338 g/mol. The molecule has 24 heavy (non-hydrogen) atoms. The van der Waals surface area contributed by atoms with Crippen molar-refractivity contribution in [2.75, 3.05) is 11.9 Å². The maximum atomic E-state index is 13.0. The summed E-state index contributed by atoms with van der Waals surface area (Å²) in [6.45, 7) is 5.24. The average Bonchev–Trinajstić information content (AvgIpc) is 2.47. The van der Waals surface area contributed by atoms with Crippen LogP contribution in [0.4, 0.5) is 19.0 Å². The van der Waals surface area contributed by atoms with E-state index in [0.29, 0.717) is 22.9 Å². The Balaban J connectivity index is 1.75. The number of rotatable bonds is 5. The maximum absolute atomic E-state index is 13.0. The molecule has 1 heterocycles. The minimum atomic E-state index is -4.55. The Bertz CT molecular complexity index is 709. The zero-order chi connectivity index (χ0) is 17.3. The van der Waals surface area contributed by atoms with Crippen molar-refractivity contribution in [3.63, 3.8) is 0 Å². The molecule has 1 aromatic carbocycles. The van der Waals surface area contributed by atoms with Crippen molar-refractivity contribution in [1.82, 2.24) is 15.3 Å². The molecular formula is C17H21F3N4. The second-order valence-electron chi connectivity index (χ2n) is 6.72. The van der Waals surface area contributed by atoms with E-state index in [4.69, 9.17) is 0 Å². The molecule has 7 heteroatoms. The highest BCUT2D eigenvalue weighted by atomic mass is 19.4. The lowest BCUT2D eigenvalue weighted by Crippen LogP contribution is -2.48. The lowest BCUT2D eigenvalue weighted by molar-refractivity contribution is -0.144. The number of alkyl halides is 3. The number of halogens is 3. The van der Waals surface area contributed by atoms with Crippen LogP contribution in [0.1, 0.15) is 32.5 Å². The van der Waals surface area contributed by atoms with E-state index in [1.54, 1.807) is 24.3 Å². The van der Waals surface area contributed by atoms with Gasteiger partial charge in [0.1, 0.15) is 5.82 Å². The number of benzene rings is 1. The normalized spacial score (nSPS) is 21.1. The third-order valence-electron chi connectivity index (χ3n) is 4.15. The molecule has 0 amide bonds. The van der Waals surface area contributed by atoms with Crippen molar-refractivity contribution >= 4 is 16.7 Å². The molecule has 2 aromatic rings. The number of anilines is 1. The van der Waals surface area contributed by atoms with Gasteiger partial charge in [-0.3, -0.25) is 0 Å². The molecule has 1 aromatic heterocycles. The molecule has 0 atom stereocenters. The highest BCUT2D eigenvalue weighted by Gasteiger charge is 2.36. The van der Waals surface area contributed by atoms with Crippen molar-refractivity contribution in [2.24, 2.45) is 5.92 Å². The second-order valence-corrected chi connectivity index (χ2v) is 6.72. The SMILES string of the molecule is CC(C)CNC1CC(Nc2nc(C(F)(F)F)nc3ccccc23)C1. The molecule has 1 fully saturated rings. The van der Waals surface area contributed by atoms with Gasteiger partial charge in [0.2, 0.25) is 5.82 Å². The fourth-order valence-corrected chi connectivity index (χ4v) is 2.81. The van der Waals surface area contributed by atoms with Crippen LogP contribution in [-0.2, 0) is 6.18 Å². The first-order chi connectivity index (χ1) is 11.3. The molecule has 1 aliphatic rings. The molecule has 0 saturated heterocycles. The highest BCUT2D eigenvalue weighted by Crippen LogP contribution is 2.32. The summed E-state index contributed by atoms with van der Waals surface area (Å²) in [5, 5.41) is 7.23. The monoisotopic (exact) mass is 338 g/mol. The van der Waals surface area contributed by atoms with Crippen LogP contribution in [0.5, 0.6) is 0 Å². The number of aromatic nitrogens is 2. The van der Waals surface area contributed by atoms with E-state index in [1.165, 1.54) is 0 Å². The van der Waals surface area contributed by atoms with Gasteiger partial charge in [0.05, 0.1) is 5.52 Å². The van der Waals surface area contributed by atoms with E-state index in [0.717, 1.165) is 19.4 Å². The molecule has 1 aliphatic carbocycles. The van der Waals surface area contributed by atoms with Gasteiger partial charge < -0.3 is 10.6 Å². The predicted octanol–water partition coefficient (Wildman–Crippen LogP) is 3.84. The van der Waals surface area contributed by atoms with Gasteiger partial charge in [-0.05, 0) is 37.4 Å². The van der Waals surface area contributed by atoms with E-state index in [1.807, 2.05) is 0 Å². The summed E-state index contributed by atoms with van der Waals surface area (Å²) < 4.78 is 39.0. The summed E-state index contributed by atoms with van der Waals surface area (Å²) in [7, 11) is 0. The van der Waals surface area contributed by atoms with Gasteiger partial charge in [-0.2, -0.15) is 13.2 Å². The fraction of sp³-hybridized carbons (Fsp3) is 0.529. The van der Waals surface area contributed by atoms with Crippen molar-refractivity contribution in [3.8, 4) is 0 Å². The molecule has 0 spiro atoms. The van der Waals surface area contributed by atoms with Crippen LogP contribution in [0, 0.1) is 5.92 Å². The first-order valence-corrected chi connectivity index (χ1v) is 8.17. The zero-order valence-corrected chi connectivity index (χ0v) is 13.7. The molecule has 130 valence electrons. The number of nitrogens with zero attached hydrogens (tertiary/aromatic N) is 2. The van der Waals surface area contributed by atoms with Gasteiger partial charge in [0.15, 0.2) is 0 Å². The van der Waals surface area contributed by atoms with Crippen molar-refractivity contribution in [3.05, 3.63) is 30.1 Å². The van der Waals surface area contributed by atoms with E-state index in [9.17, 15) is 13.2 Å². The van der Waals surface area contributed by atoms with E-state index in [-0.39, 0.29) is 11.9 Å². The van der Waals surface area contributed by atoms with Crippen molar-refractivity contribution in [2.45, 2.75) is 44.9 Å². The maximum Gasteiger partial charge on any atom is 0.451 e. The fourth-order valence-electron chi connectivity index (χ4n) is 2.81. The minimum Gasteiger partial charge on any atom is -0.367 e. The summed E-state index contributed by atoms with van der Waals surface area (Å²) >= 11 is 0. The summed E-state index contributed by atoms with van der Waals surface area (Å²) in [6.07, 6.45) is -2.79. The molecule has 2 N–H and O–H groups in total. The van der Waals surface area contributed by atoms with Crippen LogP contribution in [0.3, 0.4) is 0 Å². The molecule has 0 bridgehead atoms. The lowest BCUT2D eigenvalue weighted by atomic mass is 9.86. The Kier molecular flexibility index (Phi) is 4.62. The number of para-hydroxylation sites is 1. The quantitative estimate of drug-likeness (QED) is 0.870. The summed E-state index contributed by atoms with van der Waals surface area (Å²) in [5.74, 6) is -0.255. The number of nitrogens with one attached hydrogen (secondary N) is 2. The summed E-state index contributed by atoms with van der Waals surface area (Å²) in [5.41, 5.74) is 0.302. The molecule has 0 aliphatic heterocycles. The Morgan fingerprint density at radius 3 is 2.50 bits per heavy atom. The number of fused-ring (bicyclic) bond motifs is 1. The van der Waals surface area contributed by atoms with Crippen LogP contribution >= 0.6 is 0 Å². The van der Waals surface area contributed by atoms with Crippen LogP contribution in [0.25, 0.3) is 10.9 Å². The van der Waals surface area contributed by atoms with Gasteiger partial charge >= 0.3 is 6.18 Å².